The van der Waals surface area contributed by atoms with Crippen molar-refractivity contribution in [3.05, 3.63) is 75.7 Å². The molecule has 29 heavy (non-hydrogen) atoms. The van der Waals surface area contributed by atoms with Crippen LogP contribution in [0.1, 0.15) is 23.7 Å². The number of H-pyrrole nitrogens is 1. The first kappa shape index (κ1) is 19.7. The van der Waals surface area contributed by atoms with Crippen molar-refractivity contribution in [3.8, 4) is 5.13 Å². The van der Waals surface area contributed by atoms with Crippen LogP contribution in [0.25, 0.3) is 15.3 Å². The predicted octanol–water partition coefficient (Wildman–Crippen LogP) is 4.99. The average molecular weight is 423 g/mol. The Morgan fingerprint density at radius 3 is 2.69 bits per heavy atom. The Balaban J connectivity index is 1.51. The van der Waals surface area contributed by atoms with Gasteiger partial charge < -0.3 is 0 Å². The van der Waals surface area contributed by atoms with E-state index in [9.17, 15) is 4.79 Å². The number of aromatic amines is 1. The molecule has 1 N–H and O–H groups in total. The van der Waals surface area contributed by atoms with E-state index in [0.29, 0.717) is 17.2 Å². The lowest BCUT2D eigenvalue weighted by molar-refractivity contribution is 0.829. The molecule has 4 aromatic rings. The maximum Gasteiger partial charge on any atom is 0.282 e. The highest BCUT2D eigenvalue weighted by molar-refractivity contribution is 7.99. The number of para-hydroxylation sites is 1. The fraction of sp³-hybridized carbons (Fsp3) is 0.227. The fourth-order valence-electron chi connectivity index (χ4n) is 3.15. The van der Waals surface area contributed by atoms with Crippen molar-refractivity contribution in [1.29, 1.82) is 0 Å². The summed E-state index contributed by atoms with van der Waals surface area (Å²) in [5.74, 6) is 0.871. The largest absolute Gasteiger partial charge is 0.293 e. The van der Waals surface area contributed by atoms with Crippen LogP contribution < -0.4 is 5.56 Å². The van der Waals surface area contributed by atoms with Gasteiger partial charge in [-0.3, -0.25) is 14.9 Å². The Morgan fingerprint density at radius 2 is 1.93 bits per heavy atom. The van der Waals surface area contributed by atoms with Gasteiger partial charge in [0, 0.05) is 28.6 Å². The number of aliphatic imine (C=N–C) groups is 1. The maximum atomic E-state index is 13.0. The van der Waals surface area contributed by atoms with Gasteiger partial charge in [0.15, 0.2) is 0 Å². The lowest BCUT2D eigenvalue weighted by Gasteiger charge is -2.01. The number of rotatable bonds is 6. The van der Waals surface area contributed by atoms with Gasteiger partial charge in [-0.1, -0.05) is 41.2 Å². The summed E-state index contributed by atoms with van der Waals surface area (Å²) < 4.78 is 2.58. The predicted molar refractivity (Wildman–Crippen MR) is 123 cm³/mol. The summed E-state index contributed by atoms with van der Waals surface area (Å²) in [6.45, 7) is 6.55. The molecule has 5 nitrogen and oxygen atoms in total. The molecule has 7 heteroatoms. The van der Waals surface area contributed by atoms with E-state index in [-0.39, 0.29) is 5.56 Å². The van der Waals surface area contributed by atoms with Crippen LogP contribution in [-0.2, 0) is 0 Å². The van der Waals surface area contributed by atoms with Gasteiger partial charge >= 0.3 is 0 Å². The number of aromatic nitrogens is 3. The number of fused-ring (bicyclic) bond motifs is 1. The zero-order valence-electron chi connectivity index (χ0n) is 16.6. The minimum Gasteiger partial charge on any atom is -0.293 e. The summed E-state index contributed by atoms with van der Waals surface area (Å²) in [6, 6.07) is 16.4. The fourth-order valence-corrected chi connectivity index (χ4v) is 4.83. The summed E-state index contributed by atoms with van der Waals surface area (Å²) in [5, 5.41) is 3.81. The second-order valence-electron chi connectivity index (χ2n) is 6.85. The summed E-state index contributed by atoms with van der Waals surface area (Å²) in [5.41, 5.74) is 4.25. The number of hydrogen-bond acceptors (Lipinski definition) is 5. The van der Waals surface area contributed by atoms with Crippen LogP contribution >= 0.6 is 23.1 Å². The van der Waals surface area contributed by atoms with Crippen LogP contribution in [0.4, 0.5) is 0 Å². The van der Waals surface area contributed by atoms with Crippen molar-refractivity contribution in [2.75, 3.05) is 12.3 Å². The van der Waals surface area contributed by atoms with Crippen LogP contribution in [0.3, 0.4) is 0 Å². The van der Waals surface area contributed by atoms with Crippen molar-refractivity contribution < 1.29 is 0 Å². The topological polar surface area (TPSA) is 63.0 Å². The van der Waals surface area contributed by atoms with Gasteiger partial charge in [0.05, 0.1) is 15.8 Å². The molecule has 2 heterocycles. The van der Waals surface area contributed by atoms with Crippen molar-refractivity contribution in [3.63, 3.8) is 0 Å². The number of nitrogens with one attached hydrogen (secondary N) is 1. The van der Waals surface area contributed by atoms with E-state index in [4.69, 9.17) is 0 Å². The van der Waals surface area contributed by atoms with Crippen molar-refractivity contribution in [2.45, 2.75) is 25.7 Å². The van der Waals surface area contributed by atoms with Crippen molar-refractivity contribution in [1.82, 2.24) is 14.8 Å². The molecule has 0 aliphatic heterocycles. The molecule has 0 saturated heterocycles. The molecule has 2 aromatic carbocycles. The molecule has 0 saturated carbocycles. The number of aryl methyl sites for hydroxylation is 2. The Hall–Kier alpha value is -2.64. The highest BCUT2D eigenvalue weighted by Gasteiger charge is 2.17. The van der Waals surface area contributed by atoms with Crippen LogP contribution in [0, 0.1) is 13.8 Å². The zero-order valence-corrected chi connectivity index (χ0v) is 18.2. The van der Waals surface area contributed by atoms with E-state index in [1.165, 1.54) is 26.5 Å². The third-order valence-electron chi connectivity index (χ3n) is 4.64. The summed E-state index contributed by atoms with van der Waals surface area (Å²) >= 11 is 3.27. The summed E-state index contributed by atoms with van der Waals surface area (Å²) in [4.78, 5) is 23.5. The summed E-state index contributed by atoms with van der Waals surface area (Å²) in [7, 11) is 0. The second kappa shape index (κ2) is 8.39. The Kier molecular flexibility index (Phi) is 5.69. The van der Waals surface area contributed by atoms with Crippen LogP contribution in [0.5, 0.6) is 0 Å². The normalized spacial score (nSPS) is 12.0. The first-order valence-electron chi connectivity index (χ1n) is 9.41. The quantitative estimate of drug-likeness (QED) is 0.270. The average Bonchev–Trinajstić information content (AvgIpc) is 3.26. The molecule has 0 atom stereocenters. The minimum absolute atomic E-state index is 0.103. The number of hydrogen-bond donors (Lipinski definition) is 1. The smallest absolute Gasteiger partial charge is 0.282 e. The van der Waals surface area contributed by atoms with Gasteiger partial charge in [0.25, 0.3) is 5.56 Å². The molecular weight excluding hydrogens is 400 g/mol. The Labute approximate surface area is 177 Å². The van der Waals surface area contributed by atoms with E-state index < -0.39 is 0 Å². The second-order valence-corrected chi connectivity index (χ2v) is 9.02. The molecule has 0 unspecified atom stereocenters. The van der Waals surface area contributed by atoms with Crippen molar-refractivity contribution >= 4 is 39.0 Å². The third-order valence-corrected chi connectivity index (χ3v) is 6.65. The number of thiazole rings is 1. The van der Waals surface area contributed by atoms with Gasteiger partial charge in [-0.2, -0.15) is 4.68 Å². The maximum absolute atomic E-state index is 13.0. The van der Waals surface area contributed by atoms with Gasteiger partial charge in [-0.05, 0) is 45.0 Å². The molecule has 0 amide bonds. The molecular formula is C22H22N4OS2. The molecule has 0 aliphatic rings. The standard InChI is InChI=1S/C22H22N4OS2/c1-14-8-10-17(11-9-14)28-13-12-23-15(2)20-16(3)25-26(21(20)27)22-24-18-6-4-5-7-19(18)29-22/h4-11,25H,12-13H2,1-3H3. The molecule has 0 bridgehead atoms. The molecule has 0 aliphatic carbocycles. The van der Waals surface area contributed by atoms with E-state index in [1.54, 1.807) is 11.8 Å². The third kappa shape index (κ3) is 4.21. The first-order valence-corrected chi connectivity index (χ1v) is 11.2. The SMILES string of the molecule is CC(=NCCSc1ccc(C)cc1)c1c(C)[nH]n(-c2nc3ccccc3s2)c1=O. The van der Waals surface area contributed by atoms with Gasteiger partial charge in [0.1, 0.15) is 0 Å². The number of benzene rings is 2. The van der Waals surface area contributed by atoms with E-state index in [2.05, 4.69) is 46.3 Å². The van der Waals surface area contributed by atoms with Crippen LogP contribution in [-0.4, -0.2) is 32.8 Å². The van der Waals surface area contributed by atoms with Gasteiger partial charge in [0.2, 0.25) is 5.13 Å². The van der Waals surface area contributed by atoms with Crippen LogP contribution in [0.15, 0.2) is 63.2 Å². The lowest BCUT2D eigenvalue weighted by atomic mass is 10.2. The van der Waals surface area contributed by atoms with Crippen LogP contribution in [0.2, 0.25) is 0 Å². The van der Waals surface area contributed by atoms with Gasteiger partial charge in [-0.25, -0.2) is 4.98 Å². The summed E-state index contributed by atoms with van der Waals surface area (Å²) in [6.07, 6.45) is 0. The molecule has 0 fully saturated rings. The van der Waals surface area contributed by atoms with Gasteiger partial charge in [-0.15, -0.1) is 11.8 Å². The number of nitrogens with zero attached hydrogens (tertiary/aromatic N) is 3. The van der Waals surface area contributed by atoms with E-state index in [0.717, 1.165) is 27.4 Å². The molecule has 4 rings (SSSR count). The first-order chi connectivity index (χ1) is 14.0. The molecule has 0 radical (unpaired) electrons. The minimum atomic E-state index is -0.103. The zero-order chi connectivity index (χ0) is 20.4. The lowest BCUT2D eigenvalue weighted by Crippen LogP contribution is -2.19. The monoisotopic (exact) mass is 422 g/mol. The van der Waals surface area contributed by atoms with Crippen molar-refractivity contribution in [2.24, 2.45) is 4.99 Å². The Morgan fingerprint density at radius 1 is 1.17 bits per heavy atom. The highest BCUT2D eigenvalue weighted by atomic mass is 32.2. The molecule has 148 valence electrons. The van der Waals surface area contributed by atoms with E-state index in [1.807, 2.05) is 38.1 Å². The van der Waals surface area contributed by atoms with E-state index >= 15 is 0 Å². The highest BCUT2D eigenvalue weighted by Crippen LogP contribution is 2.23. The number of thioether (sulfide) groups is 1. The molecule has 2 aromatic heterocycles. The molecule has 0 spiro atoms. The Bertz CT molecular complexity index is 1200.